The van der Waals surface area contributed by atoms with Crippen LogP contribution in [0.15, 0.2) is 18.2 Å². The summed E-state index contributed by atoms with van der Waals surface area (Å²) in [6.45, 7) is 3.22. The number of aryl methyl sites for hydroxylation is 1. The Morgan fingerprint density at radius 2 is 2.14 bits per heavy atom. The van der Waals surface area contributed by atoms with Gasteiger partial charge in [0.05, 0.1) is 25.5 Å². The molecule has 1 aliphatic heterocycles. The molecule has 0 radical (unpaired) electrons. The number of thiazole rings is 1. The van der Waals surface area contributed by atoms with Crippen LogP contribution in [0.25, 0.3) is 11.3 Å². The van der Waals surface area contributed by atoms with Crippen molar-refractivity contribution in [1.82, 2.24) is 4.98 Å². The van der Waals surface area contributed by atoms with Crippen molar-refractivity contribution in [2.24, 2.45) is 5.73 Å². The van der Waals surface area contributed by atoms with E-state index in [1.807, 2.05) is 25.1 Å². The maximum absolute atomic E-state index is 11.4. The van der Waals surface area contributed by atoms with Crippen LogP contribution in [0.2, 0.25) is 0 Å². The van der Waals surface area contributed by atoms with E-state index in [0.29, 0.717) is 18.3 Å². The Hall–Kier alpha value is -2.12. The third-order valence-corrected chi connectivity index (χ3v) is 4.14. The summed E-state index contributed by atoms with van der Waals surface area (Å²) in [7, 11) is 0. The first-order valence-corrected chi connectivity index (χ1v) is 7.86. The maximum atomic E-state index is 11.4. The number of hydrogen-bond acceptors (Lipinski definition) is 6. The standard InChI is InChI=1S/C15H17N3O3S/c1-9-14(18-15(22-9)17-13(19)8-16)10-3-4-11-12(7-10)21-6-2-5-20-11/h3-4,7H,2,5-6,8,16H2,1H3,(H,17,18,19). The third-order valence-electron chi connectivity index (χ3n) is 3.25. The largest absolute Gasteiger partial charge is 0.490 e. The van der Waals surface area contributed by atoms with E-state index < -0.39 is 0 Å². The molecule has 1 aromatic carbocycles. The smallest absolute Gasteiger partial charge is 0.239 e. The number of nitrogens with two attached hydrogens (primary N) is 1. The summed E-state index contributed by atoms with van der Waals surface area (Å²) in [5, 5.41) is 3.23. The van der Waals surface area contributed by atoms with Gasteiger partial charge in [-0.25, -0.2) is 4.98 Å². The number of nitrogens with one attached hydrogen (secondary N) is 1. The van der Waals surface area contributed by atoms with E-state index in [9.17, 15) is 4.79 Å². The van der Waals surface area contributed by atoms with Gasteiger partial charge in [-0.1, -0.05) is 0 Å². The highest BCUT2D eigenvalue weighted by Gasteiger charge is 2.15. The second kappa shape index (κ2) is 6.33. The van der Waals surface area contributed by atoms with Crippen molar-refractivity contribution in [2.75, 3.05) is 25.1 Å². The average molecular weight is 319 g/mol. The number of fused-ring (bicyclic) bond motifs is 1. The van der Waals surface area contributed by atoms with E-state index in [2.05, 4.69) is 10.3 Å². The van der Waals surface area contributed by atoms with Gasteiger partial charge in [-0.15, -0.1) is 11.3 Å². The Morgan fingerprint density at radius 3 is 2.91 bits per heavy atom. The molecule has 0 fully saturated rings. The fourth-order valence-corrected chi connectivity index (χ4v) is 3.05. The van der Waals surface area contributed by atoms with Crippen molar-refractivity contribution < 1.29 is 14.3 Å². The van der Waals surface area contributed by atoms with Crippen molar-refractivity contribution in [3.63, 3.8) is 0 Å². The number of anilines is 1. The molecule has 0 spiro atoms. The minimum Gasteiger partial charge on any atom is -0.490 e. The van der Waals surface area contributed by atoms with Crippen molar-refractivity contribution in [3.8, 4) is 22.8 Å². The van der Waals surface area contributed by atoms with E-state index in [1.54, 1.807) is 0 Å². The molecule has 7 heteroatoms. The molecule has 3 rings (SSSR count). The lowest BCUT2D eigenvalue weighted by molar-refractivity contribution is -0.114. The number of aromatic nitrogens is 1. The van der Waals surface area contributed by atoms with Crippen LogP contribution in [0.4, 0.5) is 5.13 Å². The van der Waals surface area contributed by atoms with Crippen molar-refractivity contribution in [1.29, 1.82) is 0 Å². The minimum atomic E-state index is -0.251. The highest BCUT2D eigenvalue weighted by Crippen LogP contribution is 2.37. The normalized spacial score (nSPS) is 13.5. The molecular formula is C15H17N3O3S. The van der Waals surface area contributed by atoms with Crippen molar-refractivity contribution in [2.45, 2.75) is 13.3 Å². The Morgan fingerprint density at radius 1 is 1.36 bits per heavy atom. The quantitative estimate of drug-likeness (QED) is 0.905. The zero-order valence-electron chi connectivity index (χ0n) is 12.2. The number of nitrogens with zero attached hydrogens (tertiary/aromatic N) is 1. The highest BCUT2D eigenvalue weighted by atomic mass is 32.1. The lowest BCUT2D eigenvalue weighted by Gasteiger charge is -2.08. The van der Waals surface area contributed by atoms with E-state index in [1.165, 1.54) is 11.3 Å². The second-order valence-corrected chi connectivity index (χ2v) is 6.09. The van der Waals surface area contributed by atoms with Gasteiger partial charge >= 0.3 is 0 Å². The number of hydrogen-bond donors (Lipinski definition) is 2. The monoisotopic (exact) mass is 319 g/mol. The minimum absolute atomic E-state index is 0.0576. The summed E-state index contributed by atoms with van der Waals surface area (Å²) >= 11 is 1.42. The molecule has 2 aromatic rings. The summed E-state index contributed by atoms with van der Waals surface area (Å²) in [6.07, 6.45) is 0.870. The van der Waals surface area contributed by atoms with Crippen LogP contribution in [0.3, 0.4) is 0 Å². The second-order valence-electron chi connectivity index (χ2n) is 4.89. The number of carbonyl (C=O) groups excluding carboxylic acids is 1. The zero-order chi connectivity index (χ0) is 15.5. The lowest BCUT2D eigenvalue weighted by Crippen LogP contribution is -2.21. The first-order chi connectivity index (χ1) is 10.7. The van der Waals surface area contributed by atoms with E-state index >= 15 is 0 Å². The Kier molecular flexibility index (Phi) is 4.26. The molecule has 0 saturated heterocycles. The van der Waals surface area contributed by atoms with E-state index in [0.717, 1.165) is 34.1 Å². The van der Waals surface area contributed by atoms with Crippen LogP contribution in [0.1, 0.15) is 11.3 Å². The van der Waals surface area contributed by atoms with Crippen molar-refractivity contribution >= 4 is 22.4 Å². The molecule has 0 bridgehead atoms. The molecule has 0 aliphatic carbocycles. The van der Waals surface area contributed by atoms with E-state index in [-0.39, 0.29) is 12.5 Å². The third kappa shape index (κ3) is 3.05. The summed E-state index contributed by atoms with van der Waals surface area (Å²) in [5.74, 6) is 1.24. The van der Waals surface area contributed by atoms with Crippen LogP contribution < -0.4 is 20.5 Å². The molecule has 1 amide bonds. The molecule has 6 nitrogen and oxygen atoms in total. The molecule has 116 valence electrons. The van der Waals surface area contributed by atoms with Gasteiger partial charge in [0.25, 0.3) is 0 Å². The Bertz CT molecular complexity index is 699. The van der Waals surface area contributed by atoms with Gasteiger partial charge in [-0.2, -0.15) is 0 Å². The molecule has 1 aromatic heterocycles. The van der Waals surface area contributed by atoms with Crippen LogP contribution in [-0.2, 0) is 4.79 Å². The van der Waals surface area contributed by atoms with Crippen LogP contribution in [0.5, 0.6) is 11.5 Å². The van der Waals surface area contributed by atoms with Gasteiger partial charge in [-0.3, -0.25) is 4.79 Å². The fraction of sp³-hybridized carbons (Fsp3) is 0.333. The number of ether oxygens (including phenoxy) is 2. The Labute approximate surface area is 132 Å². The number of benzene rings is 1. The van der Waals surface area contributed by atoms with Gasteiger partial charge in [0, 0.05) is 16.9 Å². The summed E-state index contributed by atoms with van der Waals surface area (Å²) in [6, 6.07) is 5.77. The first-order valence-electron chi connectivity index (χ1n) is 7.05. The molecule has 0 saturated carbocycles. The average Bonchev–Trinajstić information content (AvgIpc) is 2.74. The SMILES string of the molecule is Cc1sc(NC(=O)CN)nc1-c1ccc2c(c1)OCCCO2. The van der Waals surface area contributed by atoms with Crippen LogP contribution in [0, 0.1) is 6.92 Å². The summed E-state index contributed by atoms with van der Waals surface area (Å²) < 4.78 is 11.3. The number of rotatable bonds is 3. The zero-order valence-corrected chi connectivity index (χ0v) is 13.0. The number of amides is 1. The summed E-state index contributed by atoms with van der Waals surface area (Å²) in [4.78, 5) is 16.9. The molecular weight excluding hydrogens is 302 g/mol. The van der Waals surface area contributed by atoms with E-state index in [4.69, 9.17) is 15.2 Å². The lowest BCUT2D eigenvalue weighted by atomic mass is 10.1. The molecule has 0 atom stereocenters. The van der Waals surface area contributed by atoms with Gasteiger partial charge in [-0.05, 0) is 25.1 Å². The maximum Gasteiger partial charge on any atom is 0.239 e. The number of carbonyl (C=O) groups is 1. The van der Waals surface area contributed by atoms with Gasteiger partial charge < -0.3 is 20.5 Å². The Balaban J connectivity index is 1.91. The molecule has 0 unspecified atom stereocenters. The van der Waals surface area contributed by atoms with Crippen molar-refractivity contribution in [3.05, 3.63) is 23.1 Å². The fourth-order valence-electron chi connectivity index (χ4n) is 2.20. The topological polar surface area (TPSA) is 86.5 Å². The molecule has 22 heavy (non-hydrogen) atoms. The predicted molar refractivity (Wildman–Crippen MR) is 85.6 cm³/mol. The van der Waals surface area contributed by atoms with Gasteiger partial charge in [0.15, 0.2) is 16.6 Å². The molecule has 1 aliphatic rings. The van der Waals surface area contributed by atoms with Crippen LogP contribution in [-0.4, -0.2) is 30.6 Å². The predicted octanol–water partition coefficient (Wildman–Crippen LogP) is 2.18. The summed E-state index contributed by atoms with van der Waals surface area (Å²) in [5.41, 5.74) is 7.06. The molecule has 2 heterocycles. The van der Waals surface area contributed by atoms with Crippen LogP contribution >= 0.6 is 11.3 Å². The molecule has 3 N–H and O–H groups in total. The highest BCUT2D eigenvalue weighted by molar-refractivity contribution is 7.16. The first kappa shape index (κ1) is 14.8. The van der Waals surface area contributed by atoms with Gasteiger partial charge in [0.2, 0.25) is 5.91 Å². The van der Waals surface area contributed by atoms with Gasteiger partial charge in [0.1, 0.15) is 0 Å².